The van der Waals surface area contributed by atoms with E-state index in [9.17, 15) is 4.79 Å². The van der Waals surface area contributed by atoms with Gasteiger partial charge in [-0.25, -0.2) is 0 Å². The number of thiophene rings is 1. The average Bonchev–Trinajstić information content (AvgIpc) is 2.90. The molecule has 3 nitrogen and oxygen atoms in total. The number of carbonyl (C=O) groups excluding carboxylic acids is 1. The molecule has 1 N–H and O–H groups in total. The monoisotopic (exact) mass is 292 g/mol. The summed E-state index contributed by atoms with van der Waals surface area (Å²) in [4.78, 5) is 16.2. The lowest BCUT2D eigenvalue weighted by Crippen LogP contribution is -2.51. The fraction of sp³-hybridized carbons (Fsp3) is 0.688. The molecule has 0 radical (unpaired) electrons. The highest BCUT2D eigenvalue weighted by molar-refractivity contribution is 7.09. The van der Waals surface area contributed by atoms with Crippen molar-refractivity contribution in [1.82, 2.24) is 10.2 Å². The zero-order valence-electron chi connectivity index (χ0n) is 12.0. The van der Waals surface area contributed by atoms with E-state index in [1.165, 1.54) is 24.1 Å². The third kappa shape index (κ3) is 3.23. The van der Waals surface area contributed by atoms with Crippen LogP contribution in [0.4, 0.5) is 0 Å². The van der Waals surface area contributed by atoms with Crippen molar-refractivity contribution in [2.75, 3.05) is 19.6 Å². The molecule has 1 amide bonds. The van der Waals surface area contributed by atoms with E-state index in [1.807, 2.05) is 0 Å². The van der Waals surface area contributed by atoms with E-state index in [0.29, 0.717) is 24.3 Å². The molecule has 2 atom stereocenters. The number of amides is 1. The van der Waals surface area contributed by atoms with Crippen molar-refractivity contribution in [2.24, 2.45) is 5.92 Å². The summed E-state index contributed by atoms with van der Waals surface area (Å²) in [6.07, 6.45) is 6.46. The van der Waals surface area contributed by atoms with Crippen molar-refractivity contribution in [3.8, 4) is 0 Å². The Labute approximate surface area is 125 Å². The second kappa shape index (κ2) is 6.72. The molecule has 2 aliphatic heterocycles. The fourth-order valence-corrected chi connectivity index (χ4v) is 4.32. The van der Waals surface area contributed by atoms with Crippen LogP contribution in [0.15, 0.2) is 17.5 Å². The molecule has 1 aromatic heterocycles. The summed E-state index contributed by atoms with van der Waals surface area (Å²) in [6, 6.07) is 4.70. The number of nitrogens with one attached hydrogen (secondary N) is 1. The molecule has 20 heavy (non-hydrogen) atoms. The van der Waals surface area contributed by atoms with E-state index in [0.717, 1.165) is 32.5 Å². The molecular weight excluding hydrogens is 268 g/mol. The first kappa shape index (κ1) is 14.1. The van der Waals surface area contributed by atoms with Crippen molar-refractivity contribution in [2.45, 2.75) is 44.6 Å². The predicted molar refractivity (Wildman–Crippen MR) is 83.0 cm³/mol. The van der Waals surface area contributed by atoms with Crippen LogP contribution in [0, 0.1) is 5.92 Å². The molecule has 0 saturated carbocycles. The van der Waals surface area contributed by atoms with Gasteiger partial charge in [0.1, 0.15) is 0 Å². The molecule has 0 bridgehead atoms. The number of piperidine rings is 1. The number of aryl methyl sites for hydroxylation is 1. The van der Waals surface area contributed by atoms with Crippen LogP contribution >= 0.6 is 11.3 Å². The maximum Gasteiger partial charge on any atom is 0.223 e. The standard InChI is InChI=1S/C16H24N2OS/c19-16(7-6-14-5-3-11-20-14)18-10-2-1-4-13-12-17-9-8-15(13)18/h3,5,11,13,15,17H,1-2,4,6-10,12H2/t13-,15+/m0/s1. The van der Waals surface area contributed by atoms with Crippen LogP contribution in [0.5, 0.6) is 0 Å². The molecular formula is C16H24N2OS. The van der Waals surface area contributed by atoms with Gasteiger partial charge in [-0.1, -0.05) is 12.5 Å². The number of rotatable bonds is 3. The van der Waals surface area contributed by atoms with Crippen molar-refractivity contribution < 1.29 is 4.79 Å². The van der Waals surface area contributed by atoms with E-state index in [-0.39, 0.29) is 0 Å². The molecule has 3 heterocycles. The molecule has 1 aromatic rings. The zero-order chi connectivity index (χ0) is 13.8. The number of carbonyl (C=O) groups is 1. The first-order valence-corrected chi connectivity index (χ1v) is 8.75. The molecule has 2 aliphatic rings. The average molecular weight is 292 g/mol. The lowest BCUT2D eigenvalue weighted by molar-refractivity contribution is -0.134. The zero-order valence-corrected chi connectivity index (χ0v) is 12.8. The van der Waals surface area contributed by atoms with Crippen LogP contribution in [0.3, 0.4) is 0 Å². The number of fused-ring (bicyclic) bond motifs is 1. The number of nitrogens with zero attached hydrogens (tertiary/aromatic N) is 1. The summed E-state index contributed by atoms with van der Waals surface area (Å²) in [5.41, 5.74) is 0. The normalized spacial score (nSPS) is 26.9. The number of hydrogen-bond donors (Lipinski definition) is 1. The largest absolute Gasteiger partial charge is 0.339 e. The lowest BCUT2D eigenvalue weighted by Gasteiger charge is -2.38. The second-order valence-corrected chi connectivity index (χ2v) is 7.01. The van der Waals surface area contributed by atoms with Gasteiger partial charge in [-0.2, -0.15) is 0 Å². The second-order valence-electron chi connectivity index (χ2n) is 5.98. The van der Waals surface area contributed by atoms with Gasteiger partial charge in [0.25, 0.3) is 0 Å². The van der Waals surface area contributed by atoms with Gasteiger partial charge in [-0.3, -0.25) is 4.79 Å². The quantitative estimate of drug-likeness (QED) is 0.929. The molecule has 0 unspecified atom stereocenters. The first-order valence-electron chi connectivity index (χ1n) is 7.87. The number of hydrogen-bond acceptors (Lipinski definition) is 3. The maximum absolute atomic E-state index is 12.6. The minimum atomic E-state index is 0.372. The molecule has 4 heteroatoms. The van der Waals surface area contributed by atoms with E-state index >= 15 is 0 Å². The molecule has 110 valence electrons. The van der Waals surface area contributed by atoms with E-state index in [4.69, 9.17) is 0 Å². The van der Waals surface area contributed by atoms with Crippen LogP contribution < -0.4 is 5.32 Å². The maximum atomic E-state index is 12.6. The van der Waals surface area contributed by atoms with Crippen LogP contribution in [0.2, 0.25) is 0 Å². The van der Waals surface area contributed by atoms with Crippen molar-refractivity contribution in [3.05, 3.63) is 22.4 Å². The van der Waals surface area contributed by atoms with Gasteiger partial charge < -0.3 is 10.2 Å². The number of likely N-dealkylation sites (tertiary alicyclic amines) is 1. The van der Waals surface area contributed by atoms with Gasteiger partial charge in [0, 0.05) is 23.9 Å². The predicted octanol–water partition coefficient (Wildman–Crippen LogP) is 2.67. The molecule has 0 aliphatic carbocycles. The Morgan fingerprint density at radius 1 is 1.40 bits per heavy atom. The summed E-state index contributed by atoms with van der Waals surface area (Å²) < 4.78 is 0. The Morgan fingerprint density at radius 2 is 2.35 bits per heavy atom. The Bertz CT molecular complexity index is 432. The van der Waals surface area contributed by atoms with Gasteiger partial charge in [0.05, 0.1) is 0 Å². The molecule has 2 fully saturated rings. The minimum Gasteiger partial charge on any atom is -0.339 e. The van der Waals surface area contributed by atoms with Crippen LogP contribution in [-0.4, -0.2) is 36.5 Å². The molecule has 0 aromatic carbocycles. The summed E-state index contributed by atoms with van der Waals surface area (Å²) in [5, 5.41) is 5.58. The van der Waals surface area contributed by atoms with Gasteiger partial charge in [-0.05, 0) is 56.1 Å². The topological polar surface area (TPSA) is 32.3 Å². The summed E-state index contributed by atoms with van der Waals surface area (Å²) in [7, 11) is 0. The molecule has 0 spiro atoms. The van der Waals surface area contributed by atoms with Crippen LogP contribution in [0.25, 0.3) is 0 Å². The Hall–Kier alpha value is -0.870. The Kier molecular flexibility index (Phi) is 4.73. The van der Waals surface area contributed by atoms with E-state index in [2.05, 4.69) is 27.7 Å². The van der Waals surface area contributed by atoms with Gasteiger partial charge in [-0.15, -0.1) is 11.3 Å². The lowest BCUT2D eigenvalue weighted by atomic mass is 9.89. The van der Waals surface area contributed by atoms with Crippen LogP contribution in [0.1, 0.15) is 37.0 Å². The highest BCUT2D eigenvalue weighted by Gasteiger charge is 2.33. The third-order valence-electron chi connectivity index (χ3n) is 4.68. The first-order chi connectivity index (χ1) is 9.84. The van der Waals surface area contributed by atoms with Gasteiger partial charge in [0.15, 0.2) is 0 Å². The minimum absolute atomic E-state index is 0.372. The molecule has 3 rings (SSSR count). The highest BCUT2D eigenvalue weighted by Crippen LogP contribution is 2.27. The third-order valence-corrected chi connectivity index (χ3v) is 5.61. The smallest absolute Gasteiger partial charge is 0.223 e. The van der Waals surface area contributed by atoms with Gasteiger partial charge in [0.2, 0.25) is 5.91 Å². The van der Waals surface area contributed by atoms with Gasteiger partial charge >= 0.3 is 0 Å². The fourth-order valence-electron chi connectivity index (χ4n) is 3.61. The van der Waals surface area contributed by atoms with Crippen LogP contribution in [-0.2, 0) is 11.2 Å². The van der Waals surface area contributed by atoms with E-state index < -0.39 is 0 Å². The van der Waals surface area contributed by atoms with E-state index in [1.54, 1.807) is 11.3 Å². The Balaban J connectivity index is 1.62. The van der Waals surface area contributed by atoms with Crippen molar-refractivity contribution >= 4 is 17.2 Å². The van der Waals surface area contributed by atoms with Crippen molar-refractivity contribution in [1.29, 1.82) is 0 Å². The van der Waals surface area contributed by atoms with Crippen molar-refractivity contribution in [3.63, 3.8) is 0 Å². The Morgan fingerprint density at radius 3 is 3.20 bits per heavy atom. The SMILES string of the molecule is O=C(CCc1cccs1)N1CCCC[C@H]2CNCC[C@H]21. The summed E-state index contributed by atoms with van der Waals surface area (Å²) in [6.45, 7) is 3.14. The molecule has 2 saturated heterocycles. The highest BCUT2D eigenvalue weighted by atomic mass is 32.1. The summed E-state index contributed by atoms with van der Waals surface area (Å²) >= 11 is 1.76. The summed E-state index contributed by atoms with van der Waals surface area (Å²) in [5.74, 6) is 1.05.